The van der Waals surface area contributed by atoms with E-state index in [1.54, 1.807) is 19.1 Å². The first kappa shape index (κ1) is 22.8. The summed E-state index contributed by atoms with van der Waals surface area (Å²) in [5, 5.41) is 3.13. The second-order valence-electron chi connectivity index (χ2n) is 7.23. The van der Waals surface area contributed by atoms with Crippen LogP contribution in [0.4, 0.5) is 30.7 Å². The Bertz CT molecular complexity index is 784. The summed E-state index contributed by atoms with van der Waals surface area (Å²) in [6.07, 6.45) is -7.31. The highest BCUT2D eigenvalue weighted by Gasteiger charge is 2.37. The molecule has 166 valence electrons. The van der Waals surface area contributed by atoms with Crippen molar-refractivity contribution in [3.05, 3.63) is 58.7 Å². The summed E-state index contributed by atoms with van der Waals surface area (Å²) < 4.78 is 103. The van der Waals surface area contributed by atoms with Crippen LogP contribution >= 0.6 is 0 Å². The quantitative estimate of drug-likeness (QED) is 0.668. The number of benzene rings is 1. The summed E-state index contributed by atoms with van der Waals surface area (Å²) >= 11 is 0. The minimum absolute atomic E-state index is 0.0668. The van der Waals surface area contributed by atoms with Crippen LogP contribution in [0.15, 0.2) is 42.0 Å². The van der Waals surface area contributed by atoms with Gasteiger partial charge in [0.2, 0.25) is 0 Å². The lowest BCUT2D eigenvalue weighted by Gasteiger charge is -2.35. The molecule has 10 heteroatoms. The van der Waals surface area contributed by atoms with E-state index < -0.39 is 48.6 Å². The van der Waals surface area contributed by atoms with Crippen LogP contribution < -0.4 is 5.32 Å². The molecule has 4 atom stereocenters. The van der Waals surface area contributed by atoms with Gasteiger partial charge in [0.15, 0.2) is 6.29 Å². The number of alkyl halides is 7. The maximum atomic E-state index is 13.7. The highest BCUT2D eigenvalue weighted by atomic mass is 19.4. The van der Waals surface area contributed by atoms with E-state index in [2.05, 4.69) is 5.32 Å². The van der Waals surface area contributed by atoms with Crippen molar-refractivity contribution in [1.82, 2.24) is 5.32 Å². The topological polar surface area (TPSA) is 30.5 Å². The Balaban J connectivity index is 1.79. The van der Waals surface area contributed by atoms with Gasteiger partial charge in [-0.25, -0.2) is 4.39 Å². The lowest BCUT2D eigenvalue weighted by molar-refractivity contribution is -0.175. The molecule has 0 amide bonds. The van der Waals surface area contributed by atoms with E-state index in [1.807, 2.05) is 0 Å². The molecule has 2 aliphatic rings. The molecule has 3 nitrogen and oxygen atoms in total. The fourth-order valence-corrected chi connectivity index (χ4v) is 3.32. The molecule has 1 aromatic rings. The van der Waals surface area contributed by atoms with Gasteiger partial charge in [0.1, 0.15) is 6.17 Å². The van der Waals surface area contributed by atoms with Crippen LogP contribution in [-0.4, -0.2) is 31.7 Å². The zero-order chi connectivity index (χ0) is 22.1. The Hall–Kier alpha value is -1.91. The molecule has 1 N–H and O–H groups in total. The van der Waals surface area contributed by atoms with Crippen LogP contribution in [-0.2, 0) is 28.4 Å². The second-order valence-corrected chi connectivity index (χ2v) is 7.23. The number of nitrogens with one attached hydrogen (secondary N) is 1. The number of ether oxygens (including phenoxy) is 2. The molecule has 2 unspecified atom stereocenters. The average molecular weight is 439 g/mol. The van der Waals surface area contributed by atoms with Crippen molar-refractivity contribution in [3.63, 3.8) is 0 Å². The van der Waals surface area contributed by atoms with E-state index >= 15 is 0 Å². The van der Waals surface area contributed by atoms with Crippen LogP contribution in [0.1, 0.15) is 23.6 Å². The summed E-state index contributed by atoms with van der Waals surface area (Å²) in [5.74, 6) is -0.382. The minimum atomic E-state index is -4.93. The van der Waals surface area contributed by atoms with E-state index in [4.69, 9.17) is 9.47 Å². The molecule has 0 bridgehead atoms. The first-order valence-electron chi connectivity index (χ1n) is 9.24. The van der Waals surface area contributed by atoms with Crippen molar-refractivity contribution in [3.8, 4) is 0 Å². The molecular formula is C20H20F7NO2. The Kier molecular flexibility index (Phi) is 6.59. The van der Waals surface area contributed by atoms with Crippen molar-refractivity contribution >= 4 is 0 Å². The first-order valence-corrected chi connectivity index (χ1v) is 9.24. The second kappa shape index (κ2) is 8.68. The average Bonchev–Trinajstić information content (AvgIpc) is 2.67. The van der Waals surface area contributed by atoms with Crippen LogP contribution in [0, 0.1) is 5.92 Å². The molecule has 3 rings (SSSR count). The third-order valence-corrected chi connectivity index (χ3v) is 4.87. The summed E-state index contributed by atoms with van der Waals surface area (Å²) in [6.45, 7) is 1.88. The number of hydrogen-bond donors (Lipinski definition) is 1. The van der Waals surface area contributed by atoms with Gasteiger partial charge in [-0.05, 0) is 35.4 Å². The SMILES string of the molecule is CC1C=C([C@@H]2NCCO[C@@H]2OCc2cc(C(F)(F)F)cc(C(F)(F)F)c2)C=CC1F. The predicted octanol–water partition coefficient (Wildman–Crippen LogP) is 5.03. The third-order valence-electron chi connectivity index (χ3n) is 4.87. The van der Waals surface area contributed by atoms with Crippen molar-refractivity contribution < 1.29 is 40.2 Å². The smallest absolute Gasteiger partial charge is 0.349 e. The summed E-state index contributed by atoms with van der Waals surface area (Å²) in [7, 11) is 0. The van der Waals surface area contributed by atoms with Gasteiger partial charge >= 0.3 is 12.4 Å². The number of allylic oxidation sites excluding steroid dienone is 2. The normalized spacial score (nSPS) is 27.8. The van der Waals surface area contributed by atoms with Gasteiger partial charge in [-0.3, -0.25) is 0 Å². The van der Waals surface area contributed by atoms with Gasteiger partial charge in [-0.15, -0.1) is 0 Å². The number of hydrogen-bond acceptors (Lipinski definition) is 3. The third kappa shape index (κ3) is 5.41. The van der Waals surface area contributed by atoms with Crippen LogP contribution in [0.3, 0.4) is 0 Å². The van der Waals surface area contributed by atoms with E-state index in [-0.39, 0.29) is 24.2 Å². The molecule has 1 aliphatic heterocycles. The molecular weight excluding hydrogens is 419 g/mol. The van der Waals surface area contributed by atoms with Crippen molar-refractivity contribution in [1.29, 1.82) is 0 Å². The Morgan fingerprint density at radius 1 is 1.07 bits per heavy atom. The molecule has 30 heavy (non-hydrogen) atoms. The monoisotopic (exact) mass is 439 g/mol. The van der Waals surface area contributed by atoms with E-state index in [1.165, 1.54) is 6.08 Å². The lowest BCUT2D eigenvalue weighted by Crippen LogP contribution is -2.50. The minimum Gasteiger partial charge on any atom is -0.349 e. The van der Waals surface area contributed by atoms with Crippen LogP contribution in [0.5, 0.6) is 0 Å². The van der Waals surface area contributed by atoms with Gasteiger partial charge < -0.3 is 14.8 Å². The molecule has 1 saturated heterocycles. The molecule has 1 aromatic carbocycles. The van der Waals surface area contributed by atoms with Gasteiger partial charge in [0, 0.05) is 12.5 Å². The molecule has 0 saturated carbocycles. The summed E-state index contributed by atoms with van der Waals surface area (Å²) in [5.41, 5.74) is -2.41. The Morgan fingerprint density at radius 2 is 1.70 bits per heavy atom. The summed E-state index contributed by atoms with van der Waals surface area (Å²) in [4.78, 5) is 0. The molecule has 1 aliphatic carbocycles. The highest BCUT2D eigenvalue weighted by molar-refractivity contribution is 5.34. The fourth-order valence-electron chi connectivity index (χ4n) is 3.32. The molecule has 0 spiro atoms. The van der Waals surface area contributed by atoms with Crippen molar-refractivity contribution in [2.45, 2.75) is 44.4 Å². The molecule has 0 radical (unpaired) electrons. The zero-order valence-corrected chi connectivity index (χ0v) is 15.9. The molecule has 1 fully saturated rings. The summed E-state index contributed by atoms with van der Waals surface area (Å²) in [6, 6.07) is 0.779. The van der Waals surface area contributed by atoms with Crippen molar-refractivity contribution in [2.24, 2.45) is 5.92 Å². The molecule has 0 aromatic heterocycles. The molecule has 1 heterocycles. The van der Waals surface area contributed by atoms with E-state index in [9.17, 15) is 30.7 Å². The van der Waals surface area contributed by atoms with Crippen LogP contribution in [0.25, 0.3) is 0 Å². The van der Waals surface area contributed by atoms with E-state index in [0.717, 1.165) is 0 Å². The lowest BCUT2D eigenvalue weighted by atomic mass is 9.92. The largest absolute Gasteiger partial charge is 0.416 e. The zero-order valence-electron chi connectivity index (χ0n) is 15.9. The fraction of sp³-hybridized carbons (Fsp3) is 0.500. The number of morpholine rings is 1. The maximum Gasteiger partial charge on any atom is 0.416 e. The highest BCUT2D eigenvalue weighted by Crippen LogP contribution is 2.36. The maximum absolute atomic E-state index is 13.7. The van der Waals surface area contributed by atoms with Gasteiger partial charge in [0.25, 0.3) is 0 Å². The Labute approximate surface area is 168 Å². The number of halogens is 7. The van der Waals surface area contributed by atoms with Gasteiger partial charge in [0.05, 0.1) is 30.4 Å². The van der Waals surface area contributed by atoms with Gasteiger partial charge in [-0.1, -0.05) is 19.1 Å². The van der Waals surface area contributed by atoms with Gasteiger partial charge in [-0.2, -0.15) is 26.3 Å². The Morgan fingerprint density at radius 3 is 2.27 bits per heavy atom. The number of rotatable bonds is 4. The van der Waals surface area contributed by atoms with Crippen LogP contribution in [0.2, 0.25) is 0 Å². The van der Waals surface area contributed by atoms with Crippen molar-refractivity contribution in [2.75, 3.05) is 13.2 Å². The van der Waals surface area contributed by atoms with E-state index in [0.29, 0.717) is 24.3 Å². The first-order chi connectivity index (χ1) is 13.9. The standard InChI is InChI=1S/C20H20F7NO2/c1-11-6-13(2-3-16(11)21)17-18(29-5-4-28-17)30-10-12-7-14(19(22,23)24)9-15(8-12)20(25,26)27/h2-3,6-9,11,16-18,28H,4-5,10H2,1H3/t11?,16?,17-,18+/m0/s1. The predicted molar refractivity (Wildman–Crippen MR) is 94.0 cm³/mol.